The Labute approximate surface area is 121 Å². The minimum absolute atomic E-state index is 0.173. The second-order valence-electron chi connectivity index (χ2n) is 5.23. The Morgan fingerprint density at radius 2 is 2.00 bits per heavy atom. The zero-order valence-electron chi connectivity index (χ0n) is 10.4. The molecular weight excluding hydrogens is 316 g/mol. The molecule has 0 unspecified atom stereocenters. The summed E-state index contributed by atoms with van der Waals surface area (Å²) < 4.78 is 1.66. The van der Waals surface area contributed by atoms with Crippen LogP contribution in [0.5, 0.6) is 0 Å². The number of hydrogen-bond donors (Lipinski definition) is 0. The van der Waals surface area contributed by atoms with E-state index in [9.17, 15) is 4.79 Å². The van der Waals surface area contributed by atoms with Crippen molar-refractivity contribution in [2.24, 2.45) is 5.41 Å². The summed E-state index contributed by atoms with van der Waals surface area (Å²) in [6.45, 7) is 0.713. The molecule has 0 amide bonds. The molecule has 18 heavy (non-hydrogen) atoms. The van der Waals surface area contributed by atoms with Gasteiger partial charge in [0.15, 0.2) is 0 Å². The van der Waals surface area contributed by atoms with Crippen LogP contribution >= 0.6 is 27.5 Å². The third-order valence-corrected chi connectivity index (χ3v) is 5.16. The topological polar surface area (TPSA) is 34.9 Å². The van der Waals surface area contributed by atoms with Crippen LogP contribution in [-0.4, -0.2) is 14.9 Å². The van der Waals surface area contributed by atoms with E-state index >= 15 is 0 Å². The molecule has 1 aromatic heterocycles. The third-order valence-electron chi connectivity index (χ3n) is 3.78. The minimum Gasteiger partial charge on any atom is -0.297 e. The minimum atomic E-state index is -0.205. The van der Waals surface area contributed by atoms with E-state index in [2.05, 4.69) is 20.9 Å². The van der Waals surface area contributed by atoms with Gasteiger partial charge in [-0.1, -0.05) is 53.2 Å². The summed E-state index contributed by atoms with van der Waals surface area (Å²) in [4.78, 5) is 15.6. The first-order valence-corrected chi connectivity index (χ1v) is 7.93. The van der Waals surface area contributed by atoms with Gasteiger partial charge in [0.2, 0.25) is 0 Å². The second-order valence-corrected chi connectivity index (χ2v) is 6.23. The highest BCUT2D eigenvalue weighted by Gasteiger charge is 2.30. The number of halogens is 2. The van der Waals surface area contributed by atoms with E-state index in [1.807, 2.05) is 0 Å². The summed E-state index contributed by atoms with van der Waals surface area (Å²) in [5.74, 6) is 0. The number of nitrogens with zero attached hydrogens (tertiary/aromatic N) is 2. The average Bonchev–Trinajstić information content (AvgIpc) is 2.60. The SMILES string of the molecule is O=c1ncc(Cl)cn1CC1(CBr)CCCCCC1. The predicted molar refractivity (Wildman–Crippen MR) is 77.4 cm³/mol. The van der Waals surface area contributed by atoms with Gasteiger partial charge in [-0.05, 0) is 18.3 Å². The van der Waals surface area contributed by atoms with Gasteiger partial charge in [-0.15, -0.1) is 0 Å². The number of hydrogen-bond acceptors (Lipinski definition) is 2. The molecule has 1 fully saturated rings. The highest BCUT2D eigenvalue weighted by Crippen LogP contribution is 2.37. The van der Waals surface area contributed by atoms with Gasteiger partial charge in [0.05, 0.1) is 11.2 Å². The zero-order valence-corrected chi connectivity index (χ0v) is 12.7. The maximum atomic E-state index is 11.8. The van der Waals surface area contributed by atoms with E-state index in [1.54, 1.807) is 10.8 Å². The van der Waals surface area contributed by atoms with Crippen molar-refractivity contribution in [1.29, 1.82) is 0 Å². The summed E-state index contributed by atoms with van der Waals surface area (Å²) >= 11 is 9.56. The summed E-state index contributed by atoms with van der Waals surface area (Å²) in [5.41, 5.74) is -0.0314. The first kappa shape index (κ1) is 14.1. The van der Waals surface area contributed by atoms with Crippen LogP contribution in [0.4, 0.5) is 0 Å². The molecule has 1 saturated carbocycles. The van der Waals surface area contributed by atoms with Gasteiger partial charge in [0.1, 0.15) is 0 Å². The fourth-order valence-corrected chi connectivity index (χ4v) is 3.62. The smallest absolute Gasteiger partial charge is 0.297 e. The summed E-state index contributed by atoms with van der Waals surface area (Å²) in [7, 11) is 0. The van der Waals surface area contributed by atoms with Gasteiger partial charge < -0.3 is 0 Å². The fraction of sp³-hybridized carbons (Fsp3) is 0.692. The molecule has 0 N–H and O–H groups in total. The molecule has 0 aliphatic heterocycles. The van der Waals surface area contributed by atoms with Crippen LogP contribution in [0.3, 0.4) is 0 Å². The van der Waals surface area contributed by atoms with Crippen LogP contribution in [0, 0.1) is 5.41 Å². The van der Waals surface area contributed by atoms with E-state index in [-0.39, 0.29) is 11.1 Å². The molecular formula is C13H18BrClN2O. The molecule has 0 bridgehead atoms. The lowest BCUT2D eigenvalue weighted by Crippen LogP contribution is -2.34. The largest absolute Gasteiger partial charge is 0.347 e. The third kappa shape index (κ3) is 3.35. The van der Waals surface area contributed by atoms with Gasteiger partial charge >= 0.3 is 5.69 Å². The van der Waals surface area contributed by atoms with Crippen LogP contribution < -0.4 is 5.69 Å². The Morgan fingerprint density at radius 3 is 2.61 bits per heavy atom. The predicted octanol–water partition coefficient (Wildman–Crippen LogP) is 3.63. The first-order valence-electron chi connectivity index (χ1n) is 6.43. The lowest BCUT2D eigenvalue weighted by molar-refractivity contribution is 0.238. The van der Waals surface area contributed by atoms with Crippen molar-refractivity contribution < 1.29 is 0 Å². The van der Waals surface area contributed by atoms with Crippen LogP contribution in [0.1, 0.15) is 38.5 Å². The van der Waals surface area contributed by atoms with E-state index in [0.717, 1.165) is 18.2 Å². The molecule has 1 heterocycles. The van der Waals surface area contributed by atoms with E-state index in [0.29, 0.717) is 11.6 Å². The van der Waals surface area contributed by atoms with Crippen molar-refractivity contribution >= 4 is 27.5 Å². The number of rotatable bonds is 3. The summed E-state index contributed by atoms with van der Waals surface area (Å²) in [6, 6.07) is 0. The molecule has 1 aliphatic rings. The van der Waals surface area contributed by atoms with Crippen LogP contribution in [-0.2, 0) is 6.54 Å². The Morgan fingerprint density at radius 1 is 1.33 bits per heavy atom. The molecule has 5 heteroatoms. The van der Waals surface area contributed by atoms with Crippen molar-refractivity contribution in [3.8, 4) is 0 Å². The van der Waals surface area contributed by atoms with Crippen molar-refractivity contribution in [2.75, 3.05) is 5.33 Å². The van der Waals surface area contributed by atoms with Gasteiger partial charge in [-0.2, -0.15) is 0 Å². The van der Waals surface area contributed by atoms with Crippen LogP contribution in [0.2, 0.25) is 5.02 Å². The molecule has 0 atom stereocenters. The normalized spacial score (nSPS) is 19.4. The number of aromatic nitrogens is 2. The molecule has 0 saturated heterocycles. The monoisotopic (exact) mass is 332 g/mol. The maximum Gasteiger partial charge on any atom is 0.347 e. The van der Waals surface area contributed by atoms with Gasteiger partial charge in [0, 0.05) is 18.1 Å². The quantitative estimate of drug-likeness (QED) is 0.625. The van der Waals surface area contributed by atoms with Crippen molar-refractivity contribution in [3.05, 3.63) is 27.9 Å². The first-order chi connectivity index (χ1) is 8.65. The Balaban J connectivity index is 2.23. The molecule has 1 aromatic rings. The number of alkyl halides is 1. The summed E-state index contributed by atoms with van der Waals surface area (Å²) in [5, 5.41) is 1.45. The molecule has 0 aromatic carbocycles. The van der Waals surface area contributed by atoms with E-state index < -0.39 is 0 Å². The van der Waals surface area contributed by atoms with Gasteiger partial charge in [-0.3, -0.25) is 4.57 Å². The Kier molecular flexibility index (Phi) is 4.84. The zero-order chi connectivity index (χ0) is 13.0. The van der Waals surface area contributed by atoms with Gasteiger partial charge in [0.25, 0.3) is 0 Å². The van der Waals surface area contributed by atoms with E-state index in [4.69, 9.17) is 11.6 Å². The Hall–Kier alpha value is -0.350. The maximum absolute atomic E-state index is 11.8. The standard InChI is InChI=1S/C13H18BrClN2O/c14-9-13(5-3-1-2-4-6-13)10-17-8-11(15)7-16-12(17)18/h7-8H,1-6,9-10H2. The Bertz CT molecular complexity index is 453. The van der Waals surface area contributed by atoms with Crippen molar-refractivity contribution in [3.63, 3.8) is 0 Å². The van der Waals surface area contributed by atoms with Gasteiger partial charge in [-0.25, -0.2) is 9.78 Å². The lowest BCUT2D eigenvalue weighted by atomic mass is 9.82. The second kappa shape index (κ2) is 6.20. The van der Waals surface area contributed by atoms with E-state index in [1.165, 1.54) is 31.9 Å². The van der Waals surface area contributed by atoms with Crippen LogP contribution in [0.25, 0.3) is 0 Å². The van der Waals surface area contributed by atoms with Crippen molar-refractivity contribution in [2.45, 2.75) is 45.1 Å². The molecule has 3 nitrogen and oxygen atoms in total. The lowest BCUT2D eigenvalue weighted by Gasteiger charge is -2.31. The molecule has 0 radical (unpaired) electrons. The summed E-state index contributed by atoms with van der Waals surface area (Å²) in [6.07, 6.45) is 10.5. The fourth-order valence-electron chi connectivity index (χ4n) is 2.72. The van der Waals surface area contributed by atoms with Crippen molar-refractivity contribution in [1.82, 2.24) is 9.55 Å². The van der Waals surface area contributed by atoms with Crippen LogP contribution in [0.15, 0.2) is 17.2 Å². The molecule has 100 valence electrons. The molecule has 2 rings (SSSR count). The average molecular weight is 334 g/mol. The molecule has 1 aliphatic carbocycles. The highest BCUT2D eigenvalue weighted by molar-refractivity contribution is 9.09. The highest BCUT2D eigenvalue weighted by atomic mass is 79.9. The molecule has 0 spiro atoms.